The fourth-order valence-corrected chi connectivity index (χ4v) is 3.33. The van der Waals surface area contributed by atoms with Gasteiger partial charge < -0.3 is 0 Å². The van der Waals surface area contributed by atoms with Gasteiger partial charge in [0.05, 0.1) is 5.75 Å². The molecule has 0 fully saturated rings. The summed E-state index contributed by atoms with van der Waals surface area (Å²) >= 11 is 10.8. The third-order valence-corrected chi connectivity index (χ3v) is 5.10. The Morgan fingerprint density at radius 1 is 1.20 bits per heavy atom. The number of benzene rings is 2. The summed E-state index contributed by atoms with van der Waals surface area (Å²) in [6.45, 7) is 0. The molecule has 0 saturated heterocycles. The molecule has 0 bridgehead atoms. The molecule has 0 aromatic heterocycles. The van der Waals surface area contributed by atoms with E-state index in [1.807, 2.05) is 24.3 Å². The fraction of sp³-hybridized carbons (Fsp3) is 0.133. The number of hydrogen-bond donors (Lipinski definition) is 0. The highest BCUT2D eigenvalue weighted by molar-refractivity contribution is 9.10. The lowest BCUT2D eigenvalue weighted by Gasteiger charge is -2.06. The Hall–Kier alpha value is -0.840. The molecule has 1 nitrogen and oxygen atoms in total. The van der Waals surface area contributed by atoms with Crippen LogP contribution in [0.5, 0.6) is 0 Å². The van der Waals surface area contributed by atoms with Crippen LogP contribution in [0.15, 0.2) is 51.8 Å². The quantitative estimate of drug-likeness (QED) is 0.675. The molecule has 0 aliphatic carbocycles. The summed E-state index contributed by atoms with van der Waals surface area (Å²) in [4.78, 5) is 12.9. The third-order valence-electron chi connectivity index (χ3n) is 2.66. The zero-order valence-electron chi connectivity index (χ0n) is 10.4. The zero-order chi connectivity index (χ0) is 14.5. The van der Waals surface area contributed by atoms with Gasteiger partial charge >= 0.3 is 0 Å². The number of carbonyl (C=O) groups is 1. The number of ketones is 1. The number of thioether (sulfide) groups is 1. The van der Waals surface area contributed by atoms with Crippen molar-refractivity contribution in [3.63, 3.8) is 0 Å². The number of hydrogen-bond acceptors (Lipinski definition) is 2. The molecule has 0 aliphatic rings. The van der Waals surface area contributed by atoms with E-state index in [9.17, 15) is 9.18 Å². The molecule has 20 heavy (non-hydrogen) atoms. The summed E-state index contributed by atoms with van der Waals surface area (Å²) in [5.74, 6) is -0.206. The van der Waals surface area contributed by atoms with Crippen molar-refractivity contribution in [2.24, 2.45) is 0 Å². The van der Waals surface area contributed by atoms with Gasteiger partial charge in [-0.1, -0.05) is 29.8 Å². The first-order valence-electron chi connectivity index (χ1n) is 5.90. The van der Waals surface area contributed by atoms with Gasteiger partial charge in [0.1, 0.15) is 11.6 Å². The molecule has 0 spiro atoms. The van der Waals surface area contributed by atoms with E-state index in [1.165, 1.54) is 23.9 Å². The number of Topliss-reactive ketones (excluding diaryl/α,β-unsaturated/α-hetero) is 1. The molecule has 0 radical (unpaired) electrons. The third kappa shape index (κ3) is 4.08. The van der Waals surface area contributed by atoms with Crippen molar-refractivity contribution >= 4 is 45.1 Å². The van der Waals surface area contributed by atoms with Crippen LogP contribution in [0.25, 0.3) is 0 Å². The van der Waals surface area contributed by atoms with E-state index in [-0.39, 0.29) is 23.5 Å². The summed E-state index contributed by atoms with van der Waals surface area (Å²) in [6, 6.07) is 12.1. The molecule has 0 amide bonds. The van der Waals surface area contributed by atoms with Crippen LogP contribution in [-0.2, 0) is 11.2 Å². The Balaban J connectivity index is 1.98. The van der Waals surface area contributed by atoms with E-state index in [0.717, 1.165) is 9.37 Å². The molecule has 0 aliphatic heterocycles. The Labute approximate surface area is 134 Å². The second-order valence-corrected chi connectivity index (χ2v) is 6.41. The lowest BCUT2D eigenvalue weighted by atomic mass is 10.1. The van der Waals surface area contributed by atoms with Crippen molar-refractivity contribution in [3.05, 3.63) is 63.3 Å². The number of halogens is 3. The Morgan fingerprint density at radius 2 is 1.95 bits per heavy atom. The first kappa shape index (κ1) is 15.5. The molecule has 0 heterocycles. The summed E-state index contributed by atoms with van der Waals surface area (Å²) in [6.07, 6.45) is 0.0168. The van der Waals surface area contributed by atoms with Crippen LogP contribution in [0.3, 0.4) is 0 Å². The Kier molecular flexibility index (Phi) is 5.64. The average molecular weight is 374 g/mol. The predicted octanol–water partition coefficient (Wildman–Crippen LogP) is 5.15. The van der Waals surface area contributed by atoms with Gasteiger partial charge in [-0.15, -0.1) is 11.8 Å². The first-order valence-corrected chi connectivity index (χ1v) is 8.05. The van der Waals surface area contributed by atoms with Crippen molar-refractivity contribution in [2.45, 2.75) is 11.3 Å². The molecular weight excluding hydrogens is 363 g/mol. The minimum absolute atomic E-state index is 0.0168. The monoisotopic (exact) mass is 372 g/mol. The highest BCUT2D eigenvalue weighted by atomic mass is 79.9. The Morgan fingerprint density at radius 3 is 2.65 bits per heavy atom. The van der Waals surface area contributed by atoms with E-state index in [2.05, 4.69) is 15.9 Å². The molecule has 2 aromatic rings. The minimum Gasteiger partial charge on any atom is -0.298 e. The van der Waals surface area contributed by atoms with Crippen molar-refractivity contribution < 1.29 is 9.18 Å². The largest absolute Gasteiger partial charge is 0.298 e. The van der Waals surface area contributed by atoms with Crippen LogP contribution in [0.4, 0.5) is 4.39 Å². The normalized spacial score (nSPS) is 10.6. The maximum atomic E-state index is 13.6. The molecule has 0 unspecified atom stereocenters. The molecule has 2 rings (SSSR count). The van der Waals surface area contributed by atoms with Gasteiger partial charge in [-0.2, -0.15) is 0 Å². The fourth-order valence-electron chi connectivity index (χ4n) is 1.67. The topological polar surface area (TPSA) is 17.1 Å². The molecule has 5 heteroatoms. The van der Waals surface area contributed by atoms with Crippen LogP contribution in [0, 0.1) is 5.82 Å². The molecule has 0 atom stereocenters. The van der Waals surface area contributed by atoms with E-state index in [4.69, 9.17) is 11.6 Å². The standard InChI is InChI=1S/C15H11BrClFOS/c16-12-4-1-2-7-15(12)20-9-10(19)8-11-13(17)5-3-6-14(11)18/h1-7H,8-9H2. The average Bonchev–Trinajstić information content (AvgIpc) is 2.42. The van der Waals surface area contributed by atoms with Crippen LogP contribution in [-0.4, -0.2) is 11.5 Å². The van der Waals surface area contributed by atoms with Gasteiger partial charge in [0.25, 0.3) is 0 Å². The van der Waals surface area contributed by atoms with Gasteiger partial charge in [-0.3, -0.25) is 4.79 Å². The summed E-state index contributed by atoms with van der Waals surface area (Å²) < 4.78 is 14.5. The molecule has 104 valence electrons. The highest BCUT2D eigenvalue weighted by Crippen LogP contribution is 2.27. The lowest BCUT2D eigenvalue weighted by molar-refractivity contribution is -0.116. The van der Waals surface area contributed by atoms with E-state index in [0.29, 0.717) is 5.02 Å². The summed E-state index contributed by atoms with van der Waals surface area (Å²) in [5, 5.41) is 0.296. The first-order chi connectivity index (χ1) is 9.58. The van der Waals surface area contributed by atoms with Gasteiger partial charge in [0.15, 0.2) is 0 Å². The zero-order valence-corrected chi connectivity index (χ0v) is 13.6. The minimum atomic E-state index is -0.434. The second kappa shape index (κ2) is 7.25. The highest BCUT2D eigenvalue weighted by Gasteiger charge is 2.12. The van der Waals surface area contributed by atoms with E-state index >= 15 is 0 Å². The summed E-state index contributed by atoms with van der Waals surface area (Å²) in [7, 11) is 0. The van der Waals surface area contributed by atoms with Crippen LogP contribution in [0.2, 0.25) is 5.02 Å². The lowest BCUT2D eigenvalue weighted by Crippen LogP contribution is -2.07. The van der Waals surface area contributed by atoms with Crippen molar-refractivity contribution in [3.8, 4) is 0 Å². The van der Waals surface area contributed by atoms with Crippen LogP contribution < -0.4 is 0 Å². The second-order valence-electron chi connectivity index (χ2n) is 4.13. The smallest absolute Gasteiger partial charge is 0.147 e. The predicted molar refractivity (Wildman–Crippen MR) is 85.0 cm³/mol. The van der Waals surface area contributed by atoms with Gasteiger partial charge in [-0.05, 0) is 40.2 Å². The number of carbonyl (C=O) groups excluding carboxylic acids is 1. The van der Waals surface area contributed by atoms with Gasteiger partial charge in [-0.25, -0.2) is 4.39 Å². The van der Waals surface area contributed by atoms with Crippen molar-refractivity contribution in [1.29, 1.82) is 0 Å². The molecule has 2 aromatic carbocycles. The van der Waals surface area contributed by atoms with Crippen LogP contribution in [0.1, 0.15) is 5.56 Å². The SMILES string of the molecule is O=C(CSc1ccccc1Br)Cc1c(F)cccc1Cl. The molecule has 0 N–H and O–H groups in total. The summed E-state index contributed by atoms with van der Waals surface area (Å²) in [5.41, 5.74) is 0.270. The Bertz CT molecular complexity index is 613. The molecular formula is C15H11BrClFOS. The van der Waals surface area contributed by atoms with Crippen molar-refractivity contribution in [2.75, 3.05) is 5.75 Å². The van der Waals surface area contributed by atoms with Crippen molar-refractivity contribution in [1.82, 2.24) is 0 Å². The maximum Gasteiger partial charge on any atom is 0.147 e. The van der Waals surface area contributed by atoms with Gasteiger partial charge in [0, 0.05) is 26.4 Å². The van der Waals surface area contributed by atoms with E-state index in [1.54, 1.807) is 6.07 Å². The van der Waals surface area contributed by atoms with Gasteiger partial charge in [0.2, 0.25) is 0 Å². The number of rotatable bonds is 5. The van der Waals surface area contributed by atoms with E-state index < -0.39 is 5.82 Å². The maximum absolute atomic E-state index is 13.6. The van der Waals surface area contributed by atoms with Crippen LogP contribution >= 0.6 is 39.3 Å². The molecule has 0 saturated carbocycles.